The van der Waals surface area contributed by atoms with Crippen LogP contribution in [-0.4, -0.2) is 17.4 Å². The molecule has 152 valence electrons. The van der Waals surface area contributed by atoms with Crippen LogP contribution >= 0.6 is 0 Å². The van der Waals surface area contributed by atoms with Gasteiger partial charge in [0.1, 0.15) is 17.0 Å². The zero-order valence-electron chi connectivity index (χ0n) is 17.4. The lowest BCUT2D eigenvalue weighted by Gasteiger charge is -2.24. The van der Waals surface area contributed by atoms with Crippen LogP contribution in [0.4, 0.5) is 0 Å². The molecule has 2 heterocycles. The molecule has 1 aliphatic rings. The van der Waals surface area contributed by atoms with Gasteiger partial charge in [-0.1, -0.05) is 30.7 Å². The van der Waals surface area contributed by atoms with E-state index >= 15 is 0 Å². The predicted molar refractivity (Wildman–Crippen MR) is 119 cm³/mol. The number of para-hydroxylation sites is 1. The van der Waals surface area contributed by atoms with Gasteiger partial charge in [0.15, 0.2) is 12.0 Å². The first kappa shape index (κ1) is 18.9. The lowest BCUT2D eigenvalue weighted by atomic mass is 9.97. The predicted octanol–water partition coefficient (Wildman–Crippen LogP) is 6.79. The number of hydrogen-bond acceptors (Lipinski definition) is 4. The average Bonchev–Trinajstić information content (AvgIpc) is 3.12. The Kier molecular flexibility index (Phi) is 4.78. The largest absolute Gasteiger partial charge is 0.490 e. The van der Waals surface area contributed by atoms with E-state index < -0.39 is 0 Å². The third kappa shape index (κ3) is 3.17. The molecule has 0 spiro atoms. The first-order valence-corrected chi connectivity index (χ1v) is 10.7. The Labute approximate surface area is 175 Å². The number of fused-ring (bicyclic) bond motifs is 2. The van der Waals surface area contributed by atoms with E-state index in [2.05, 4.69) is 0 Å². The molecule has 0 saturated heterocycles. The molecule has 4 nitrogen and oxygen atoms in total. The Bertz CT molecular complexity index is 1250. The van der Waals surface area contributed by atoms with Crippen molar-refractivity contribution < 1.29 is 13.9 Å². The summed E-state index contributed by atoms with van der Waals surface area (Å²) in [5.41, 5.74) is 4.93. The van der Waals surface area contributed by atoms with E-state index in [0.717, 1.165) is 57.9 Å². The van der Waals surface area contributed by atoms with E-state index in [1.165, 1.54) is 19.3 Å². The second kappa shape index (κ2) is 7.60. The van der Waals surface area contributed by atoms with Crippen molar-refractivity contribution in [2.24, 2.45) is 0 Å². The molecule has 1 aliphatic carbocycles. The number of carbonyl (C=O) groups is 1. The fourth-order valence-corrected chi connectivity index (χ4v) is 4.56. The molecular weight excluding hydrogens is 374 g/mol. The van der Waals surface area contributed by atoms with E-state index in [1.54, 1.807) is 0 Å². The van der Waals surface area contributed by atoms with E-state index in [1.807, 2.05) is 56.3 Å². The van der Waals surface area contributed by atoms with Gasteiger partial charge in [-0.05, 0) is 63.3 Å². The zero-order valence-corrected chi connectivity index (χ0v) is 17.4. The molecule has 2 aromatic heterocycles. The van der Waals surface area contributed by atoms with E-state index in [4.69, 9.17) is 14.1 Å². The number of carbonyl (C=O) groups excluding carboxylic acids is 1. The summed E-state index contributed by atoms with van der Waals surface area (Å²) in [5, 5.41) is 1.86. The topological polar surface area (TPSA) is 52.3 Å². The quantitative estimate of drug-likeness (QED) is 0.355. The van der Waals surface area contributed by atoms with Gasteiger partial charge >= 0.3 is 0 Å². The molecule has 0 radical (unpaired) electrons. The number of furan rings is 1. The summed E-state index contributed by atoms with van der Waals surface area (Å²) in [6, 6.07) is 13.8. The first-order chi connectivity index (χ1) is 14.7. The smallest absolute Gasteiger partial charge is 0.156 e. The molecule has 1 saturated carbocycles. The highest BCUT2D eigenvalue weighted by Crippen LogP contribution is 2.37. The van der Waals surface area contributed by atoms with Crippen LogP contribution in [0.3, 0.4) is 0 Å². The highest BCUT2D eigenvalue weighted by molar-refractivity contribution is 6.03. The minimum atomic E-state index is 0.210. The van der Waals surface area contributed by atoms with Gasteiger partial charge in [0, 0.05) is 16.5 Å². The fourth-order valence-electron chi connectivity index (χ4n) is 4.56. The molecule has 2 aromatic carbocycles. The van der Waals surface area contributed by atoms with Gasteiger partial charge in [0.2, 0.25) is 0 Å². The molecule has 4 aromatic rings. The van der Waals surface area contributed by atoms with Crippen molar-refractivity contribution in [2.45, 2.75) is 52.1 Å². The Morgan fingerprint density at radius 2 is 1.87 bits per heavy atom. The molecular formula is C26H25NO3. The summed E-state index contributed by atoms with van der Waals surface area (Å²) in [5.74, 6) is 1.46. The standard InChI is InChI=1S/C26H25NO3/c1-16-12-13-23(29-19-8-4-3-5-9-19)24-18(15-28)14-21(27-25(16)24)26-17(2)20-10-6-7-11-22(20)30-26/h6-7,10-15,19H,3-5,8-9H2,1-2H3. The molecule has 30 heavy (non-hydrogen) atoms. The molecule has 1 fully saturated rings. The highest BCUT2D eigenvalue weighted by Gasteiger charge is 2.21. The first-order valence-electron chi connectivity index (χ1n) is 10.7. The van der Waals surface area contributed by atoms with Gasteiger partial charge in [0.25, 0.3) is 0 Å². The van der Waals surface area contributed by atoms with Crippen LogP contribution in [0, 0.1) is 13.8 Å². The Morgan fingerprint density at radius 1 is 1.07 bits per heavy atom. The van der Waals surface area contributed by atoms with Crippen molar-refractivity contribution in [2.75, 3.05) is 0 Å². The molecule has 0 atom stereocenters. The number of benzene rings is 2. The summed E-state index contributed by atoms with van der Waals surface area (Å²) in [6.07, 6.45) is 6.91. The van der Waals surface area contributed by atoms with Crippen molar-refractivity contribution in [1.29, 1.82) is 0 Å². The highest BCUT2D eigenvalue weighted by atomic mass is 16.5. The minimum Gasteiger partial charge on any atom is -0.490 e. The van der Waals surface area contributed by atoms with Crippen LogP contribution in [0.5, 0.6) is 5.75 Å². The van der Waals surface area contributed by atoms with Crippen LogP contribution in [0.15, 0.2) is 46.9 Å². The summed E-state index contributed by atoms with van der Waals surface area (Å²) in [4.78, 5) is 17.0. The van der Waals surface area contributed by atoms with E-state index in [-0.39, 0.29) is 6.10 Å². The van der Waals surface area contributed by atoms with Crippen LogP contribution in [0.1, 0.15) is 53.6 Å². The second-order valence-electron chi connectivity index (χ2n) is 8.25. The maximum Gasteiger partial charge on any atom is 0.156 e. The lowest BCUT2D eigenvalue weighted by Crippen LogP contribution is -2.20. The van der Waals surface area contributed by atoms with Crippen LogP contribution < -0.4 is 4.74 Å². The minimum absolute atomic E-state index is 0.210. The number of rotatable bonds is 4. The molecule has 0 aliphatic heterocycles. The summed E-state index contributed by atoms with van der Waals surface area (Å²) in [6.45, 7) is 4.05. The molecule has 0 amide bonds. The maximum absolute atomic E-state index is 12.1. The maximum atomic E-state index is 12.1. The normalized spacial score (nSPS) is 15.0. The molecule has 0 bridgehead atoms. The average molecular weight is 399 g/mol. The lowest BCUT2D eigenvalue weighted by molar-refractivity contribution is 0.112. The van der Waals surface area contributed by atoms with E-state index in [9.17, 15) is 4.79 Å². The summed E-state index contributed by atoms with van der Waals surface area (Å²) >= 11 is 0. The third-order valence-corrected chi connectivity index (χ3v) is 6.20. The Balaban J connectivity index is 1.67. The van der Waals surface area contributed by atoms with Crippen molar-refractivity contribution in [3.63, 3.8) is 0 Å². The number of ether oxygens (including phenoxy) is 1. The molecule has 4 heteroatoms. The van der Waals surface area contributed by atoms with Crippen molar-refractivity contribution in [3.8, 4) is 17.2 Å². The summed E-state index contributed by atoms with van der Waals surface area (Å²) in [7, 11) is 0. The monoisotopic (exact) mass is 399 g/mol. The number of aldehydes is 1. The zero-order chi connectivity index (χ0) is 20.7. The van der Waals surface area contributed by atoms with Crippen LogP contribution in [0.25, 0.3) is 33.3 Å². The molecule has 5 rings (SSSR count). The SMILES string of the molecule is Cc1c(-c2cc(C=O)c3c(OC4CCCCC4)ccc(C)c3n2)oc2ccccc12. The number of aryl methyl sites for hydroxylation is 2. The van der Waals surface area contributed by atoms with Crippen molar-refractivity contribution >= 4 is 28.2 Å². The number of pyridine rings is 1. The third-order valence-electron chi connectivity index (χ3n) is 6.20. The Hall–Kier alpha value is -3.14. The van der Waals surface area contributed by atoms with Gasteiger partial charge in [-0.15, -0.1) is 0 Å². The molecule has 0 unspecified atom stereocenters. The van der Waals surface area contributed by atoms with Crippen molar-refractivity contribution in [1.82, 2.24) is 4.98 Å². The van der Waals surface area contributed by atoms with E-state index in [0.29, 0.717) is 17.0 Å². The molecule has 0 N–H and O–H groups in total. The number of aromatic nitrogens is 1. The van der Waals surface area contributed by atoms with Crippen molar-refractivity contribution in [3.05, 3.63) is 59.2 Å². The second-order valence-corrected chi connectivity index (χ2v) is 8.25. The van der Waals surface area contributed by atoms with Gasteiger partial charge < -0.3 is 9.15 Å². The summed E-state index contributed by atoms with van der Waals surface area (Å²) < 4.78 is 12.5. The van der Waals surface area contributed by atoms with Gasteiger partial charge in [-0.25, -0.2) is 4.98 Å². The van der Waals surface area contributed by atoms with Gasteiger partial charge in [-0.3, -0.25) is 4.79 Å². The number of nitrogens with zero attached hydrogens (tertiary/aromatic N) is 1. The number of hydrogen-bond donors (Lipinski definition) is 0. The Morgan fingerprint density at radius 3 is 2.63 bits per heavy atom. The van der Waals surface area contributed by atoms with Crippen LogP contribution in [0.2, 0.25) is 0 Å². The van der Waals surface area contributed by atoms with Gasteiger partial charge in [-0.2, -0.15) is 0 Å². The van der Waals surface area contributed by atoms with Gasteiger partial charge in [0.05, 0.1) is 17.0 Å². The fraction of sp³-hybridized carbons (Fsp3) is 0.308. The van der Waals surface area contributed by atoms with Crippen LogP contribution in [-0.2, 0) is 0 Å².